The van der Waals surface area contributed by atoms with Crippen molar-refractivity contribution in [1.29, 1.82) is 0 Å². The average Bonchev–Trinajstić information content (AvgIpc) is 2.42. The second kappa shape index (κ2) is 5.62. The first-order chi connectivity index (χ1) is 9.88. The number of hydrogen-bond donors (Lipinski definition) is 2. The van der Waals surface area contributed by atoms with Gasteiger partial charge in [-0.3, -0.25) is 14.9 Å². The van der Waals surface area contributed by atoms with Gasteiger partial charge in [-0.2, -0.15) is 0 Å². The van der Waals surface area contributed by atoms with Gasteiger partial charge in [-0.15, -0.1) is 0 Å². The third-order valence-electron chi connectivity index (χ3n) is 3.19. The van der Waals surface area contributed by atoms with Crippen LogP contribution in [0.5, 0.6) is 5.75 Å². The fraction of sp³-hybridized carbons (Fsp3) is 0.133. The van der Waals surface area contributed by atoms with Gasteiger partial charge in [0.15, 0.2) is 0 Å². The molecule has 1 amide bonds. The molecule has 0 heterocycles. The third kappa shape index (κ3) is 3.17. The van der Waals surface area contributed by atoms with Gasteiger partial charge in [0, 0.05) is 11.8 Å². The van der Waals surface area contributed by atoms with E-state index in [9.17, 15) is 20.0 Å². The molecule has 2 aromatic carbocycles. The van der Waals surface area contributed by atoms with Crippen molar-refractivity contribution >= 4 is 17.3 Å². The molecule has 0 aliphatic heterocycles. The van der Waals surface area contributed by atoms with Gasteiger partial charge >= 0.3 is 0 Å². The molecule has 2 aromatic rings. The number of carbonyl (C=O) groups is 1. The van der Waals surface area contributed by atoms with E-state index in [1.165, 1.54) is 6.07 Å². The maximum Gasteiger partial charge on any atom is 0.282 e. The highest BCUT2D eigenvalue weighted by molar-refractivity contribution is 6.07. The summed E-state index contributed by atoms with van der Waals surface area (Å²) < 4.78 is 0. The number of anilines is 1. The molecule has 6 heteroatoms. The van der Waals surface area contributed by atoms with Gasteiger partial charge in [0.05, 0.1) is 4.92 Å². The minimum absolute atomic E-state index is 0.182. The Morgan fingerprint density at radius 3 is 2.48 bits per heavy atom. The zero-order valence-corrected chi connectivity index (χ0v) is 11.6. The number of carbonyl (C=O) groups excluding carboxylic acids is 1. The Bertz CT molecular complexity index is 726. The second-order valence-corrected chi connectivity index (χ2v) is 4.71. The molecular weight excluding hydrogens is 272 g/mol. The Morgan fingerprint density at radius 1 is 1.14 bits per heavy atom. The van der Waals surface area contributed by atoms with Crippen LogP contribution < -0.4 is 5.32 Å². The molecule has 0 saturated carbocycles. The van der Waals surface area contributed by atoms with Crippen LogP contribution in [-0.2, 0) is 0 Å². The van der Waals surface area contributed by atoms with Crippen LogP contribution in [0.2, 0.25) is 0 Å². The summed E-state index contributed by atoms with van der Waals surface area (Å²) in [7, 11) is 0. The predicted molar refractivity (Wildman–Crippen MR) is 78.6 cm³/mol. The maximum atomic E-state index is 12.2. The van der Waals surface area contributed by atoms with Crippen LogP contribution in [0.4, 0.5) is 11.4 Å². The van der Waals surface area contributed by atoms with Crippen molar-refractivity contribution in [3.8, 4) is 5.75 Å². The second-order valence-electron chi connectivity index (χ2n) is 4.71. The number of nitro benzene ring substituents is 1. The molecule has 0 unspecified atom stereocenters. The van der Waals surface area contributed by atoms with E-state index < -0.39 is 10.8 Å². The lowest BCUT2D eigenvalue weighted by Gasteiger charge is -2.08. The summed E-state index contributed by atoms with van der Waals surface area (Å²) in [5, 5.41) is 22.9. The topological polar surface area (TPSA) is 92.5 Å². The van der Waals surface area contributed by atoms with Crippen molar-refractivity contribution in [2.24, 2.45) is 0 Å². The first-order valence-corrected chi connectivity index (χ1v) is 6.24. The molecule has 0 aliphatic rings. The predicted octanol–water partition coefficient (Wildman–Crippen LogP) is 3.17. The smallest absolute Gasteiger partial charge is 0.282 e. The van der Waals surface area contributed by atoms with Gasteiger partial charge in [-0.25, -0.2) is 0 Å². The Hall–Kier alpha value is -2.89. The van der Waals surface area contributed by atoms with Gasteiger partial charge in [-0.05, 0) is 49.2 Å². The first-order valence-electron chi connectivity index (χ1n) is 6.24. The maximum absolute atomic E-state index is 12.2. The summed E-state index contributed by atoms with van der Waals surface area (Å²) in [6.45, 7) is 3.85. The van der Waals surface area contributed by atoms with Crippen molar-refractivity contribution in [3.05, 3.63) is 63.2 Å². The molecule has 0 atom stereocenters. The quantitative estimate of drug-likeness (QED) is 0.669. The largest absolute Gasteiger partial charge is 0.508 e. The molecule has 0 saturated heterocycles. The van der Waals surface area contributed by atoms with Crippen molar-refractivity contribution in [2.45, 2.75) is 13.8 Å². The van der Waals surface area contributed by atoms with E-state index in [-0.39, 0.29) is 17.0 Å². The van der Waals surface area contributed by atoms with E-state index in [0.29, 0.717) is 5.69 Å². The highest BCUT2D eigenvalue weighted by Crippen LogP contribution is 2.24. The van der Waals surface area contributed by atoms with Gasteiger partial charge in [-0.1, -0.05) is 6.07 Å². The Labute approximate surface area is 121 Å². The molecule has 0 fully saturated rings. The van der Waals surface area contributed by atoms with Crippen LogP contribution in [0, 0.1) is 24.0 Å². The molecule has 0 aliphatic carbocycles. The first kappa shape index (κ1) is 14.5. The lowest BCUT2D eigenvalue weighted by atomic mass is 10.1. The fourth-order valence-corrected chi connectivity index (χ4v) is 1.88. The van der Waals surface area contributed by atoms with Gasteiger partial charge in [0.1, 0.15) is 11.3 Å². The number of nitrogens with zero attached hydrogens (tertiary/aromatic N) is 1. The van der Waals surface area contributed by atoms with Crippen LogP contribution in [-0.4, -0.2) is 15.9 Å². The van der Waals surface area contributed by atoms with E-state index in [1.807, 2.05) is 19.9 Å². The fourth-order valence-electron chi connectivity index (χ4n) is 1.88. The summed E-state index contributed by atoms with van der Waals surface area (Å²) in [6, 6.07) is 8.70. The minimum atomic E-state index is -0.658. The van der Waals surface area contributed by atoms with E-state index in [2.05, 4.69) is 5.32 Å². The SMILES string of the molecule is Cc1ccc(NC(=O)c2cc(O)ccc2[N+](=O)[O-])cc1C. The molecule has 2 rings (SSSR count). The number of phenols is 1. The van der Waals surface area contributed by atoms with Crippen molar-refractivity contribution in [2.75, 3.05) is 5.32 Å². The average molecular weight is 286 g/mol. The number of nitrogens with one attached hydrogen (secondary N) is 1. The summed E-state index contributed by atoms with van der Waals surface area (Å²) in [5.74, 6) is -0.841. The molecule has 2 N–H and O–H groups in total. The van der Waals surface area contributed by atoms with Gasteiger partial charge in [0.25, 0.3) is 11.6 Å². The van der Waals surface area contributed by atoms with Crippen LogP contribution in [0.15, 0.2) is 36.4 Å². The van der Waals surface area contributed by atoms with Crippen LogP contribution >= 0.6 is 0 Å². The molecule has 0 radical (unpaired) electrons. The van der Waals surface area contributed by atoms with E-state index in [0.717, 1.165) is 23.3 Å². The summed E-state index contributed by atoms with van der Waals surface area (Å²) in [4.78, 5) is 22.4. The number of phenolic OH excluding ortho intramolecular Hbond substituents is 1. The van der Waals surface area contributed by atoms with Crippen LogP contribution in [0.3, 0.4) is 0 Å². The normalized spacial score (nSPS) is 10.2. The van der Waals surface area contributed by atoms with E-state index in [1.54, 1.807) is 12.1 Å². The molecule has 0 spiro atoms. The third-order valence-corrected chi connectivity index (χ3v) is 3.19. The van der Waals surface area contributed by atoms with E-state index >= 15 is 0 Å². The van der Waals surface area contributed by atoms with Crippen molar-refractivity contribution in [1.82, 2.24) is 0 Å². The zero-order chi connectivity index (χ0) is 15.6. The monoisotopic (exact) mass is 286 g/mol. The number of benzene rings is 2. The number of amides is 1. The number of nitro groups is 1. The molecule has 0 aromatic heterocycles. The Balaban J connectivity index is 2.34. The highest BCUT2D eigenvalue weighted by atomic mass is 16.6. The number of aryl methyl sites for hydroxylation is 2. The Morgan fingerprint density at radius 2 is 1.86 bits per heavy atom. The van der Waals surface area contributed by atoms with Crippen molar-refractivity contribution < 1.29 is 14.8 Å². The molecule has 6 nitrogen and oxygen atoms in total. The molecule has 0 bridgehead atoms. The number of aromatic hydroxyl groups is 1. The van der Waals surface area contributed by atoms with Crippen LogP contribution in [0.25, 0.3) is 0 Å². The lowest BCUT2D eigenvalue weighted by molar-refractivity contribution is -0.385. The lowest BCUT2D eigenvalue weighted by Crippen LogP contribution is -2.14. The van der Waals surface area contributed by atoms with Crippen LogP contribution in [0.1, 0.15) is 21.5 Å². The van der Waals surface area contributed by atoms with Gasteiger partial charge < -0.3 is 10.4 Å². The summed E-state index contributed by atoms with van der Waals surface area (Å²) >= 11 is 0. The van der Waals surface area contributed by atoms with E-state index in [4.69, 9.17) is 0 Å². The minimum Gasteiger partial charge on any atom is -0.508 e. The Kier molecular flexibility index (Phi) is 3.89. The zero-order valence-electron chi connectivity index (χ0n) is 11.6. The highest BCUT2D eigenvalue weighted by Gasteiger charge is 2.20. The number of rotatable bonds is 3. The molecule has 108 valence electrons. The molecular formula is C15H14N2O4. The van der Waals surface area contributed by atoms with Crippen molar-refractivity contribution in [3.63, 3.8) is 0 Å². The summed E-state index contributed by atoms with van der Waals surface area (Å²) in [6.07, 6.45) is 0. The standard InChI is InChI=1S/C15H14N2O4/c1-9-3-4-11(7-10(9)2)16-15(19)13-8-12(18)5-6-14(13)17(20)21/h3-8,18H,1-2H3,(H,16,19). The number of hydrogen-bond acceptors (Lipinski definition) is 4. The van der Waals surface area contributed by atoms with Gasteiger partial charge in [0.2, 0.25) is 0 Å². The summed E-state index contributed by atoms with van der Waals surface area (Å²) in [5.41, 5.74) is 2.09. The molecule has 21 heavy (non-hydrogen) atoms.